The first-order chi connectivity index (χ1) is 8.40. The number of aromatic nitrogens is 2. The van der Waals surface area contributed by atoms with E-state index in [9.17, 15) is 9.90 Å². The fourth-order valence-electron chi connectivity index (χ4n) is 1.83. The number of hydrogen-bond donors (Lipinski definition) is 2. The molecule has 0 aliphatic heterocycles. The van der Waals surface area contributed by atoms with Crippen molar-refractivity contribution in [1.82, 2.24) is 9.78 Å². The quantitative estimate of drug-likeness (QED) is 0.894. The Balaban J connectivity index is 2.63. The van der Waals surface area contributed by atoms with Crippen molar-refractivity contribution in [2.75, 3.05) is 0 Å². The molecular formula is C12H11BrN2O3. The highest BCUT2D eigenvalue weighted by Crippen LogP contribution is 2.28. The van der Waals surface area contributed by atoms with E-state index in [1.54, 1.807) is 0 Å². The van der Waals surface area contributed by atoms with Gasteiger partial charge in [0.05, 0.1) is 11.9 Å². The second-order valence-electron chi connectivity index (χ2n) is 4.02. The van der Waals surface area contributed by atoms with Crippen LogP contribution in [-0.4, -0.2) is 26.0 Å². The molecule has 0 spiro atoms. The molecule has 6 heteroatoms. The maximum atomic E-state index is 10.8. The number of rotatable bonds is 2. The molecule has 2 N–H and O–H groups in total. The zero-order valence-electron chi connectivity index (χ0n) is 9.81. The van der Waals surface area contributed by atoms with Crippen LogP contribution in [0.1, 0.15) is 21.6 Å². The van der Waals surface area contributed by atoms with Gasteiger partial charge in [-0.25, -0.2) is 9.48 Å². The summed E-state index contributed by atoms with van der Waals surface area (Å²) < 4.78 is 2.15. The van der Waals surface area contributed by atoms with E-state index in [1.807, 2.05) is 26.0 Å². The summed E-state index contributed by atoms with van der Waals surface area (Å²) in [6.07, 6.45) is 1.28. The van der Waals surface area contributed by atoms with Gasteiger partial charge in [-0.15, -0.1) is 0 Å². The second-order valence-corrected chi connectivity index (χ2v) is 4.88. The first-order valence-electron chi connectivity index (χ1n) is 5.19. The first kappa shape index (κ1) is 12.6. The average Bonchev–Trinajstić information content (AvgIpc) is 2.58. The predicted molar refractivity (Wildman–Crippen MR) is 69.4 cm³/mol. The van der Waals surface area contributed by atoms with E-state index in [0.29, 0.717) is 5.69 Å². The molecule has 0 aliphatic rings. The summed E-state index contributed by atoms with van der Waals surface area (Å²) in [6, 6.07) is 3.86. The minimum absolute atomic E-state index is 0.352. The maximum absolute atomic E-state index is 10.8. The molecule has 94 valence electrons. The second kappa shape index (κ2) is 4.45. The highest BCUT2D eigenvalue weighted by atomic mass is 79.9. The molecule has 18 heavy (non-hydrogen) atoms. The van der Waals surface area contributed by atoms with E-state index < -0.39 is 5.97 Å². The molecule has 2 aromatic rings. The zero-order chi connectivity index (χ0) is 13.4. The Kier molecular flexibility index (Phi) is 3.13. The number of nitrogens with zero attached hydrogens (tertiary/aromatic N) is 2. The Morgan fingerprint density at radius 1 is 1.39 bits per heavy atom. The number of hydrogen-bond acceptors (Lipinski definition) is 3. The number of aryl methyl sites for hydroxylation is 2. The van der Waals surface area contributed by atoms with Crippen LogP contribution in [0.5, 0.6) is 5.75 Å². The van der Waals surface area contributed by atoms with Crippen molar-refractivity contribution >= 4 is 21.9 Å². The lowest BCUT2D eigenvalue weighted by Gasteiger charge is -2.09. The Morgan fingerprint density at radius 3 is 2.56 bits per heavy atom. The van der Waals surface area contributed by atoms with Gasteiger partial charge in [0.1, 0.15) is 0 Å². The van der Waals surface area contributed by atoms with Gasteiger partial charge in [0.15, 0.2) is 5.75 Å². The maximum Gasteiger partial charge on any atom is 0.360 e. The first-order valence-corrected chi connectivity index (χ1v) is 5.98. The number of carboxylic acids is 1. The molecule has 1 heterocycles. The molecular weight excluding hydrogens is 300 g/mol. The lowest BCUT2D eigenvalue weighted by Crippen LogP contribution is -2.03. The van der Waals surface area contributed by atoms with E-state index in [1.165, 1.54) is 10.9 Å². The average molecular weight is 311 g/mol. The van der Waals surface area contributed by atoms with Gasteiger partial charge in [0.2, 0.25) is 5.69 Å². The third-order valence-corrected chi connectivity index (χ3v) is 3.13. The lowest BCUT2D eigenvalue weighted by atomic mass is 10.1. The van der Waals surface area contributed by atoms with Crippen LogP contribution in [0.4, 0.5) is 0 Å². The van der Waals surface area contributed by atoms with Gasteiger partial charge in [-0.2, -0.15) is 5.10 Å². The number of carboxylic acid groups (broad SMARTS) is 1. The van der Waals surface area contributed by atoms with Crippen LogP contribution in [0.3, 0.4) is 0 Å². The molecule has 0 fully saturated rings. The van der Waals surface area contributed by atoms with Crippen LogP contribution in [0, 0.1) is 13.8 Å². The van der Waals surface area contributed by atoms with Crippen molar-refractivity contribution in [1.29, 1.82) is 0 Å². The monoisotopic (exact) mass is 310 g/mol. The fraction of sp³-hybridized carbons (Fsp3) is 0.167. The van der Waals surface area contributed by atoms with Gasteiger partial charge in [-0.1, -0.05) is 6.07 Å². The van der Waals surface area contributed by atoms with Crippen molar-refractivity contribution in [3.8, 4) is 11.4 Å². The van der Waals surface area contributed by atoms with Crippen LogP contribution in [-0.2, 0) is 0 Å². The van der Waals surface area contributed by atoms with Gasteiger partial charge in [-0.3, -0.25) is 0 Å². The summed E-state index contributed by atoms with van der Waals surface area (Å²) in [5.41, 5.74) is 2.37. The molecule has 0 amide bonds. The van der Waals surface area contributed by atoms with Crippen molar-refractivity contribution in [3.63, 3.8) is 0 Å². The fourth-order valence-corrected chi connectivity index (χ4v) is 2.69. The SMILES string of the molecule is Cc1cc(C)c(-n2cc(O)c(C(=O)O)n2)c(Br)c1. The largest absolute Gasteiger partial charge is 0.504 e. The van der Waals surface area contributed by atoms with E-state index in [-0.39, 0.29) is 11.4 Å². The molecule has 0 aliphatic carbocycles. The van der Waals surface area contributed by atoms with E-state index in [4.69, 9.17) is 5.11 Å². The van der Waals surface area contributed by atoms with Crippen molar-refractivity contribution in [2.45, 2.75) is 13.8 Å². The van der Waals surface area contributed by atoms with Gasteiger partial charge in [0.25, 0.3) is 0 Å². The van der Waals surface area contributed by atoms with Gasteiger partial charge < -0.3 is 10.2 Å². The van der Waals surface area contributed by atoms with Gasteiger partial charge >= 0.3 is 5.97 Å². The van der Waals surface area contributed by atoms with Crippen molar-refractivity contribution in [3.05, 3.63) is 39.6 Å². The Labute approximate surface area is 112 Å². The number of carbonyl (C=O) groups is 1. The normalized spacial score (nSPS) is 10.6. The van der Waals surface area contributed by atoms with Crippen molar-refractivity contribution in [2.24, 2.45) is 0 Å². The molecule has 1 aromatic carbocycles. The number of aromatic hydroxyl groups is 1. The molecule has 1 aromatic heterocycles. The van der Waals surface area contributed by atoms with E-state index in [0.717, 1.165) is 15.6 Å². The summed E-state index contributed by atoms with van der Waals surface area (Å²) >= 11 is 3.42. The molecule has 0 saturated carbocycles. The summed E-state index contributed by atoms with van der Waals surface area (Å²) in [6.45, 7) is 3.86. The highest BCUT2D eigenvalue weighted by molar-refractivity contribution is 9.10. The third kappa shape index (κ3) is 2.11. The van der Waals surface area contributed by atoms with Crippen molar-refractivity contribution < 1.29 is 15.0 Å². The van der Waals surface area contributed by atoms with Gasteiger partial charge in [0, 0.05) is 4.47 Å². The number of aromatic carboxylic acids is 1. The summed E-state index contributed by atoms with van der Waals surface area (Å²) in [7, 11) is 0. The summed E-state index contributed by atoms with van der Waals surface area (Å²) in [5.74, 6) is -1.61. The van der Waals surface area contributed by atoms with Crippen LogP contribution >= 0.6 is 15.9 Å². The minimum atomic E-state index is -1.26. The predicted octanol–water partition coefficient (Wildman–Crippen LogP) is 2.66. The van der Waals surface area contributed by atoms with Crippen LogP contribution in [0.15, 0.2) is 22.8 Å². The van der Waals surface area contributed by atoms with Crippen LogP contribution in [0.25, 0.3) is 5.69 Å². The lowest BCUT2D eigenvalue weighted by molar-refractivity contribution is 0.0687. The minimum Gasteiger partial charge on any atom is -0.504 e. The molecule has 0 radical (unpaired) electrons. The smallest absolute Gasteiger partial charge is 0.360 e. The number of benzene rings is 1. The molecule has 0 unspecified atom stereocenters. The Hall–Kier alpha value is -1.82. The Bertz CT molecular complexity index is 611. The number of halogens is 1. The topological polar surface area (TPSA) is 75.4 Å². The standard InChI is InChI=1S/C12H11BrN2O3/c1-6-3-7(2)11(8(13)4-6)15-5-9(16)10(14-15)12(17)18/h3-5,16H,1-2H3,(H,17,18). The van der Waals surface area contributed by atoms with E-state index >= 15 is 0 Å². The Morgan fingerprint density at radius 2 is 2.06 bits per heavy atom. The highest BCUT2D eigenvalue weighted by Gasteiger charge is 2.17. The molecule has 0 saturated heterocycles. The van der Waals surface area contributed by atoms with Crippen LogP contribution in [0.2, 0.25) is 0 Å². The molecule has 2 rings (SSSR count). The molecule has 0 bridgehead atoms. The van der Waals surface area contributed by atoms with Gasteiger partial charge in [-0.05, 0) is 47.0 Å². The summed E-state index contributed by atoms with van der Waals surface area (Å²) in [5, 5.41) is 22.2. The van der Waals surface area contributed by atoms with E-state index in [2.05, 4.69) is 21.0 Å². The van der Waals surface area contributed by atoms with Crippen LogP contribution < -0.4 is 0 Å². The molecule has 0 atom stereocenters. The molecule has 5 nitrogen and oxygen atoms in total. The third-order valence-electron chi connectivity index (χ3n) is 2.52. The summed E-state index contributed by atoms with van der Waals surface area (Å²) in [4.78, 5) is 10.8. The zero-order valence-corrected chi connectivity index (χ0v) is 11.4.